The number of benzene rings is 1. The van der Waals surface area contributed by atoms with E-state index in [4.69, 9.17) is 10.5 Å². The molecule has 1 unspecified atom stereocenters. The molecule has 0 radical (unpaired) electrons. The first-order valence-electron chi connectivity index (χ1n) is 7.04. The Balaban J connectivity index is 2.28. The van der Waals surface area contributed by atoms with Crippen molar-refractivity contribution in [2.45, 2.75) is 25.9 Å². The average Bonchev–Trinajstić information content (AvgIpc) is 2.46. The van der Waals surface area contributed by atoms with E-state index in [9.17, 15) is 9.59 Å². The highest BCUT2D eigenvalue weighted by molar-refractivity contribution is 6.01. The van der Waals surface area contributed by atoms with Crippen LogP contribution in [0.25, 0.3) is 0 Å². The van der Waals surface area contributed by atoms with Gasteiger partial charge < -0.3 is 20.7 Å². The highest BCUT2D eigenvalue weighted by Crippen LogP contribution is 2.20. The highest BCUT2D eigenvalue weighted by atomic mass is 16.5. The SMILES string of the molecule is CC(C)Nc1ccccc1C(=O)N1CCOCC1C(N)=O. The predicted molar refractivity (Wildman–Crippen MR) is 80.0 cm³/mol. The van der Waals surface area contributed by atoms with Gasteiger partial charge in [-0.05, 0) is 26.0 Å². The van der Waals surface area contributed by atoms with Crippen molar-refractivity contribution < 1.29 is 14.3 Å². The molecule has 2 amide bonds. The minimum atomic E-state index is -0.710. The first kappa shape index (κ1) is 15.3. The van der Waals surface area contributed by atoms with Crippen LogP contribution in [0.3, 0.4) is 0 Å². The van der Waals surface area contributed by atoms with Crippen molar-refractivity contribution in [2.75, 3.05) is 25.1 Å². The molecule has 1 fully saturated rings. The third-order valence-electron chi connectivity index (χ3n) is 3.32. The van der Waals surface area contributed by atoms with Crippen LogP contribution >= 0.6 is 0 Å². The number of hydrogen-bond donors (Lipinski definition) is 2. The fourth-order valence-electron chi connectivity index (χ4n) is 2.34. The molecule has 0 aliphatic carbocycles. The van der Waals surface area contributed by atoms with E-state index < -0.39 is 11.9 Å². The molecule has 0 bridgehead atoms. The zero-order chi connectivity index (χ0) is 15.4. The average molecular weight is 291 g/mol. The molecule has 1 heterocycles. The molecular formula is C15H21N3O3. The maximum absolute atomic E-state index is 12.7. The van der Waals surface area contributed by atoms with Gasteiger partial charge in [0.15, 0.2) is 0 Å². The highest BCUT2D eigenvalue weighted by Gasteiger charge is 2.32. The first-order chi connectivity index (χ1) is 10.0. The van der Waals surface area contributed by atoms with E-state index in [2.05, 4.69) is 5.32 Å². The number of hydrogen-bond acceptors (Lipinski definition) is 4. The Morgan fingerprint density at radius 1 is 1.38 bits per heavy atom. The summed E-state index contributed by atoms with van der Waals surface area (Å²) < 4.78 is 5.24. The number of anilines is 1. The van der Waals surface area contributed by atoms with Gasteiger partial charge in [0.25, 0.3) is 5.91 Å². The number of para-hydroxylation sites is 1. The van der Waals surface area contributed by atoms with Crippen LogP contribution in [0, 0.1) is 0 Å². The molecule has 0 saturated carbocycles. The van der Waals surface area contributed by atoms with Gasteiger partial charge in [-0.15, -0.1) is 0 Å². The van der Waals surface area contributed by atoms with Crippen LogP contribution in [-0.4, -0.2) is 48.6 Å². The Hall–Kier alpha value is -2.08. The van der Waals surface area contributed by atoms with Crippen LogP contribution < -0.4 is 11.1 Å². The molecule has 1 aliphatic heterocycles. The molecule has 1 saturated heterocycles. The van der Waals surface area contributed by atoms with Crippen molar-refractivity contribution >= 4 is 17.5 Å². The van der Waals surface area contributed by atoms with Crippen molar-refractivity contribution in [3.8, 4) is 0 Å². The van der Waals surface area contributed by atoms with Crippen LogP contribution in [0.5, 0.6) is 0 Å². The summed E-state index contributed by atoms with van der Waals surface area (Å²) in [4.78, 5) is 25.7. The number of nitrogens with one attached hydrogen (secondary N) is 1. The van der Waals surface area contributed by atoms with Crippen molar-refractivity contribution in [3.63, 3.8) is 0 Å². The molecule has 2 rings (SSSR count). The molecule has 21 heavy (non-hydrogen) atoms. The Kier molecular flexibility index (Phi) is 4.80. The topological polar surface area (TPSA) is 84.7 Å². The van der Waals surface area contributed by atoms with Gasteiger partial charge in [0.05, 0.1) is 18.8 Å². The second-order valence-electron chi connectivity index (χ2n) is 5.34. The number of primary amides is 1. The van der Waals surface area contributed by atoms with Crippen LogP contribution in [0.4, 0.5) is 5.69 Å². The molecule has 3 N–H and O–H groups in total. The summed E-state index contributed by atoms with van der Waals surface area (Å²) in [5, 5.41) is 3.24. The molecule has 114 valence electrons. The number of nitrogens with two attached hydrogens (primary N) is 1. The minimum absolute atomic E-state index is 0.154. The van der Waals surface area contributed by atoms with Gasteiger partial charge in [-0.25, -0.2) is 0 Å². The maximum Gasteiger partial charge on any atom is 0.256 e. The largest absolute Gasteiger partial charge is 0.382 e. The Bertz CT molecular complexity index is 531. The summed E-state index contributed by atoms with van der Waals surface area (Å²) >= 11 is 0. The standard InChI is InChI=1S/C15H21N3O3/c1-10(2)17-12-6-4-3-5-11(12)15(20)18-7-8-21-9-13(18)14(16)19/h3-6,10,13,17H,7-9H2,1-2H3,(H2,16,19). The lowest BCUT2D eigenvalue weighted by Gasteiger charge is -2.34. The third kappa shape index (κ3) is 3.52. The number of rotatable bonds is 4. The molecule has 1 aliphatic rings. The Morgan fingerprint density at radius 3 is 2.76 bits per heavy atom. The molecule has 1 aromatic rings. The number of nitrogens with zero attached hydrogens (tertiary/aromatic N) is 1. The van der Waals surface area contributed by atoms with Crippen molar-refractivity contribution in [2.24, 2.45) is 5.73 Å². The zero-order valence-corrected chi connectivity index (χ0v) is 12.3. The summed E-state index contributed by atoms with van der Waals surface area (Å²) in [6, 6.07) is 6.77. The monoisotopic (exact) mass is 291 g/mol. The summed E-state index contributed by atoms with van der Waals surface area (Å²) in [6.07, 6.45) is 0. The molecule has 0 aromatic heterocycles. The lowest BCUT2D eigenvalue weighted by atomic mass is 10.1. The summed E-state index contributed by atoms with van der Waals surface area (Å²) in [5.74, 6) is -0.747. The van der Waals surface area contributed by atoms with Gasteiger partial charge in [0.2, 0.25) is 5.91 Å². The first-order valence-corrected chi connectivity index (χ1v) is 7.04. The van der Waals surface area contributed by atoms with Crippen LogP contribution in [0.1, 0.15) is 24.2 Å². The zero-order valence-electron chi connectivity index (χ0n) is 12.3. The van der Waals surface area contributed by atoms with Gasteiger partial charge in [0.1, 0.15) is 6.04 Å². The molecule has 1 atom stereocenters. The van der Waals surface area contributed by atoms with E-state index in [0.29, 0.717) is 18.7 Å². The van der Waals surface area contributed by atoms with Gasteiger partial charge in [0, 0.05) is 18.3 Å². The lowest BCUT2D eigenvalue weighted by Crippen LogP contribution is -2.54. The molecular weight excluding hydrogens is 270 g/mol. The molecule has 1 aromatic carbocycles. The number of carbonyl (C=O) groups is 2. The van der Waals surface area contributed by atoms with E-state index >= 15 is 0 Å². The van der Waals surface area contributed by atoms with E-state index in [1.165, 1.54) is 4.90 Å². The fourth-order valence-corrected chi connectivity index (χ4v) is 2.34. The summed E-state index contributed by atoms with van der Waals surface area (Å²) in [7, 11) is 0. The smallest absolute Gasteiger partial charge is 0.256 e. The quantitative estimate of drug-likeness (QED) is 0.860. The third-order valence-corrected chi connectivity index (χ3v) is 3.32. The Morgan fingerprint density at radius 2 is 2.10 bits per heavy atom. The summed E-state index contributed by atoms with van der Waals surface area (Å²) in [6.45, 7) is 4.93. The van der Waals surface area contributed by atoms with E-state index in [-0.39, 0.29) is 18.6 Å². The van der Waals surface area contributed by atoms with Crippen LogP contribution in [0.15, 0.2) is 24.3 Å². The Labute approximate surface area is 124 Å². The maximum atomic E-state index is 12.7. The number of morpholine rings is 1. The van der Waals surface area contributed by atoms with Crippen molar-refractivity contribution in [3.05, 3.63) is 29.8 Å². The van der Waals surface area contributed by atoms with Gasteiger partial charge in [-0.2, -0.15) is 0 Å². The summed E-state index contributed by atoms with van der Waals surface area (Å²) in [5.41, 5.74) is 6.66. The van der Waals surface area contributed by atoms with Gasteiger partial charge >= 0.3 is 0 Å². The normalized spacial score (nSPS) is 18.6. The number of ether oxygens (including phenoxy) is 1. The fraction of sp³-hybridized carbons (Fsp3) is 0.467. The number of amides is 2. The van der Waals surface area contributed by atoms with Crippen molar-refractivity contribution in [1.29, 1.82) is 0 Å². The van der Waals surface area contributed by atoms with Crippen LogP contribution in [0.2, 0.25) is 0 Å². The van der Waals surface area contributed by atoms with Gasteiger partial charge in [-0.3, -0.25) is 9.59 Å². The lowest BCUT2D eigenvalue weighted by molar-refractivity contribution is -0.127. The van der Waals surface area contributed by atoms with Crippen LogP contribution in [-0.2, 0) is 9.53 Å². The number of carbonyl (C=O) groups excluding carboxylic acids is 2. The second-order valence-corrected chi connectivity index (χ2v) is 5.34. The minimum Gasteiger partial charge on any atom is -0.382 e. The van der Waals surface area contributed by atoms with E-state index in [1.807, 2.05) is 26.0 Å². The molecule has 6 heteroatoms. The van der Waals surface area contributed by atoms with Crippen molar-refractivity contribution in [1.82, 2.24) is 4.90 Å². The van der Waals surface area contributed by atoms with Gasteiger partial charge in [-0.1, -0.05) is 12.1 Å². The second kappa shape index (κ2) is 6.58. The van der Waals surface area contributed by atoms with E-state index in [0.717, 1.165) is 5.69 Å². The molecule has 0 spiro atoms. The predicted octanol–water partition coefficient (Wildman–Crippen LogP) is 0.833. The molecule has 6 nitrogen and oxygen atoms in total. The van der Waals surface area contributed by atoms with E-state index in [1.54, 1.807) is 12.1 Å².